The van der Waals surface area contributed by atoms with Crippen LogP contribution in [0.2, 0.25) is 0 Å². The fraction of sp³-hybridized carbons (Fsp3) is 0.0323. The summed E-state index contributed by atoms with van der Waals surface area (Å²) in [7, 11) is 1.44. The van der Waals surface area contributed by atoms with Crippen LogP contribution < -0.4 is 15.6 Å². The highest BCUT2D eigenvalue weighted by atomic mass is 16.5. The molecular weight excluding hydrogens is 532 g/mol. The molecule has 10 nitrogen and oxygen atoms in total. The van der Waals surface area contributed by atoms with Crippen molar-refractivity contribution in [2.45, 2.75) is 0 Å². The van der Waals surface area contributed by atoms with Crippen molar-refractivity contribution in [1.82, 2.24) is 0 Å². The van der Waals surface area contributed by atoms with Crippen LogP contribution in [0.1, 0.15) is 0 Å². The lowest BCUT2D eigenvalue weighted by Gasteiger charge is -2.07. The van der Waals surface area contributed by atoms with E-state index in [1.807, 2.05) is 0 Å². The lowest BCUT2D eigenvalue weighted by molar-refractivity contribution is 0.373. The van der Waals surface area contributed by atoms with Crippen molar-refractivity contribution < 1.29 is 39.1 Å². The number of hydrogen-bond donors (Lipinski definition) is 5. The number of phenolic OH excluding ortho intramolecular Hbond substituents is 5. The summed E-state index contributed by atoms with van der Waals surface area (Å²) in [6, 6.07) is 17.3. The van der Waals surface area contributed by atoms with E-state index in [1.165, 1.54) is 80.3 Å². The van der Waals surface area contributed by atoms with Gasteiger partial charge >= 0.3 is 0 Å². The van der Waals surface area contributed by atoms with Crippen LogP contribution in [0.15, 0.2) is 104 Å². The van der Waals surface area contributed by atoms with Crippen LogP contribution in [-0.4, -0.2) is 32.6 Å². The molecule has 0 atom stereocenters. The smallest absolute Gasteiger partial charge is 0.200 e. The van der Waals surface area contributed by atoms with Gasteiger partial charge in [0.05, 0.1) is 29.0 Å². The Morgan fingerprint density at radius 2 is 1.05 bits per heavy atom. The summed E-state index contributed by atoms with van der Waals surface area (Å²) in [6.45, 7) is 0. The molecule has 0 fully saturated rings. The molecule has 0 aliphatic rings. The van der Waals surface area contributed by atoms with Gasteiger partial charge in [0, 0.05) is 12.1 Å². The SMILES string of the molecule is COc1cc(-c2coc3cc(O)ccc3c2=O)ccc1O.O=c1c(-c2ccc(O)c(O)c2)coc2cc(O)ccc12. The highest BCUT2D eigenvalue weighted by Gasteiger charge is 2.13. The Kier molecular flexibility index (Phi) is 6.96. The Balaban J connectivity index is 0.000000165. The second-order valence-corrected chi connectivity index (χ2v) is 8.91. The van der Waals surface area contributed by atoms with Gasteiger partial charge in [0.1, 0.15) is 35.2 Å². The summed E-state index contributed by atoms with van der Waals surface area (Å²) in [4.78, 5) is 24.8. The van der Waals surface area contributed by atoms with Crippen LogP contribution in [0.3, 0.4) is 0 Å². The lowest BCUT2D eigenvalue weighted by atomic mass is 10.0. The molecule has 206 valence electrons. The minimum absolute atomic E-state index is 0.00338. The number of ether oxygens (including phenoxy) is 1. The molecule has 0 bridgehead atoms. The van der Waals surface area contributed by atoms with Crippen molar-refractivity contribution in [2.24, 2.45) is 0 Å². The maximum absolute atomic E-state index is 12.5. The molecular formula is C31H22O10. The number of phenols is 5. The monoisotopic (exact) mass is 554 g/mol. The standard InChI is InChI=1S/C16H12O5.C15H10O5/c1-20-15-6-9(2-5-13(15)18)12-8-21-14-7-10(17)3-4-11(14)16(12)19;16-9-2-3-10-14(6-9)20-7-11(15(10)19)8-1-4-12(17)13(18)5-8/h2-8,17-18H,1H3;1-7,16-18H. The van der Waals surface area contributed by atoms with Gasteiger partial charge in [-0.1, -0.05) is 12.1 Å². The lowest BCUT2D eigenvalue weighted by Crippen LogP contribution is -2.04. The van der Waals surface area contributed by atoms with Gasteiger partial charge in [0.2, 0.25) is 0 Å². The average molecular weight is 555 g/mol. The van der Waals surface area contributed by atoms with Gasteiger partial charge in [0.25, 0.3) is 0 Å². The quantitative estimate of drug-likeness (QED) is 0.177. The van der Waals surface area contributed by atoms with Crippen LogP contribution in [0.5, 0.6) is 34.5 Å². The summed E-state index contributed by atoms with van der Waals surface area (Å²) in [5, 5.41) is 47.8. The van der Waals surface area contributed by atoms with Gasteiger partial charge in [0.15, 0.2) is 33.9 Å². The molecule has 0 unspecified atom stereocenters. The van der Waals surface area contributed by atoms with E-state index in [4.69, 9.17) is 13.6 Å². The van der Waals surface area contributed by atoms with E-state index in [-0.39, 0.29) is 56.5 Å². The van der Waals surface area contributed by atoms with Gasteiger partial charge in [-0.15, -0.1) is 0 Å². The molecule has 0 aliphatic carbocycles. The Bertz CT molecular complexity index is 2040. The van der Waals surface area contributed by atoms with Crippen LogP contribution in [-0.2, 0) is 0 Å². The number of aromatic hydroxyl groups is 5. The third-order valence-corrected chi connectivity index (χ3v) is 6.29. The number of hydrogen-bond acceptors (Lipinski definition) is 10. The van der Waals surface area contributed by atoms with Crippen molar-refractivity contribution in [3.05, 3.63) is 106 Å². The normalized spacial score (nSPS) is 10.8. The van der Waals surface area contributed by atoms with Crippen LogP contribution in [0, 0.1) is 0 Å². The van der Waals surface area contributed by atoms with E-state index in [1.54, 1.807) is 12.1 Å². The molecule has 0 aliphatic heterocycles. The van der Waals surface area contributed by atoms with Gasteiger partial charge in [-0.05, 0) is 59.7 Å². The molecule has 6 rings (SSSR count). The maximum Gasteiger partial charge on any atom is 0.200 e. The maximum atomic E-state index is 12.5. The molecule has 4 aromatic carbocycles. The Morgan fingerprint density at radius 1 is 0.561 bits per heavy atom. The first kappa shape index (κ1) is 26.7. The van der Waals surface area contributed by atoms with Gasteiger partial charge in [-0.25, -0.2) is 0 Å². The molecule has 0 saturated heterocycles. The summed E-state index contributed by atoms with van der Waals surface area (Å²) >= 11 is 0. The molecule has 0 saturated carbocycles. The zero-order valence-corrected chi connectivity index (χ0v) is 21.4. The Hall–Kier alpha value is -5.90. The van der Waals surface area contributed by atoms with Gasteiger partial charge in [-0.2, -0.15) is 0 Å². The molecule has 2 heterocycles. The Morgan fingerprint density at radius 3 is 1.54 bits per heavy atom. The fourth-order valence-electron chi connectivity index (χ4n) is 4.17. The summed E-state index contributed by atoms with van der Waals surface area (Å²) in [6.07, 6.45) is 2.59. The second-order valence-electron chi connectivity index (χ2n) is 8.91. The molecule has 0 spiro atoms. The van der Waals surface area contributed by atoms with E-state index >= 15 is 0 Å². The van der Waals surface area contributed by atoms with E-state index in [0.29, 0.717) is 33.0 Å². The van der Waals surface area contributed by atoms with Crippen LogP contribution in [0.25, 0.3) is 44.2 Å². The first-order valence-electron chi connectivity index (χ1n) is 12.0. The fourth-order valence-corrected chi connectivity index (χ4v) is 4.17. The molecule has 6 aromatic rings. The van der Waals surface area contributed by atoms with Crippen molar-refractivity contribution in [3.8, 4) is 56.8 Å². The minimum atomic E-state index is -0.312. The Labute approximate surface area is 230 Å². The van der Waals surface area contributed by atoms with Crippen molar-refractivity contribution in [3.63, 3.8) is 0 Å². The molecule has 10 heteroatoms. The predicted octanol–water partition coefficient (Wildman–Crippen LogP) is 5.46. The zero-order valence-electron chi connectivity index (χ0n) is 21.4. The topological polar surface area (TPSA) is 171 Å². The van der Waals surface area contributed by atoms with E-state index < -0.39 is 0 Å². The predicted molar refractivity (Wildman–Crippen MR) is 151 cm³/mol. The third-order valence-electron chi connectivity index (χ3n) is 6.29. The average Bonchev–Trinajstić information content (AvgIpc) is 2.96. The molecule has 0 radical (unpaired) electrons. The molecule has 2 aromatic heterocycles. The second kappa shape index (κ2) is 10.7. The van der Waals surface area contributed by atoms with Gasteiger partial charge < -0.3 is 39.1 Å². The number of rotatable bonds is 3. The minimum Gasteiger partial charge on any atom is -0.508 e. The summed E-state index contributed by atoms with van der Waals surface area (Å²) in [5.41, 5.74) is 1.72. The first-order chi connectivity index (χ1) is 19.7. The van der Waals surface area contributed by atoms with E-state index in [9.17, 15) is 35.1 Å². The summed E-state index contributed by atoms with van der Waals surface area (Å²) < 4.78 is 15.8. The number of fused-ring (bicyclic) bond motifs is 2. The number of benzene rings is 4. The third kappa shape index (κ3) is 5.21. The molecule has 41 heavy (non-hydrogen) atoms. The number of methoxy groups -OCH3 is 1. The van der Waals surface area contributed by atoms with Crippen molar-refractivity contribution in [1.29, 1.82) is 0 Å². The van der Waals surface area contributed by atoms with Gasteiger partial charge in [-0.3, -0.25) is 9.59 Å². The van der Waals surface area contributed by atoms with Crippen LogP contribution in [0.4, 0.5) is 0 Å². The van der Waals surface area contributed by atoms with Crippen molar-refractivity contribution >= 4 is 21.9 Å². The van der Waals surface area contributed by atoms with Crippen molar-refractivity contribution in [2.75, 3.05) is 7.11 Å². The summed E-state index contributed by atoms with van der Waals surface area (Å²) in [5.74, 6) is -0.258. The molecule has 0 amide bonds. The first-order valence-corrected chi connectivity index (χ1v) is 12.0. The highest BCUT2D eigenvalue weighted by molar-refractivity contribution is 5.84. The largest absolute Gasteiger partial charge is 0.508 e. The highest BCUT2D eigenvalue weighted by Crippen LogP contribution is 2.32. The van der Waals surface area contributed by atoms with Crippen LogP contribution >= 0.6 is 0 Å². The zero-order chi connectivity index (χ0) is 29.3. The van der Waals surface area contributed by atoms with E-state index in [0.717, 1.165) is 0 Å². The van der Waals surface area contributed by atoms with E-state index in [2.05, 4.69) is 0 Å². The molecule has 5 N–H and O–H groups in total.